The maximum Gasteiger partial charge on any atom is 0.307 e. The number of carbonyl (C=O) groups excluding carboxylic acids is 1. The van der Waals surface area contributed by atoms with Crippen molar-refractivity contribution in [1.82, 2.24) is 0 Å². The third-order valence-electron chi connectivity index (χ3n) is 7.08. The van der Waals surface area contributed by atoms with Crippen molar-refractivity contribution in [2.45, 2.75) is 155 Å². The molecule has 0 bridgehead atoms. The monoisotopic (exact) mass is 512 g/mol. The summed E-state index contributed by atoms with van der Waals surface area (Å²) >= 11 is 0. The van der Waals surface area contributed by atoms with E-state index in [2.05, 4.69) is 13.8 Å². The van der Waals surface area contributed by atoms with Crippen LogP contribution in [0.4, 0.5) is 0 Å². The summed E-state index contributed by atoms with van der Waals surface area (Å²) in [6.45, 7) is 5.23. The van der Waals surface area contributed by atoms with Crippen molar-refractivity contribution in [2.75, 3.05) is 27.7 Å². The average molecular weight is 513 g/mol. The molecule has 2 unspecified atom stereocenters. The van der Waals surface area contributed by atoms with Crippen LogP contribution >= 0.6 is 0 Å². The summed E-state index contributed by atoms with van der Waals surface area (Å²) in [6.07, 6.45) is 24.9. The fraction of sp³-hybridized carbons (Fsp3) is 0.935. The van der Waals surface area contributed by atoms with Crippen LogP contribution in [-0.4, -0.2) is 55.3 Å². The molecular formula is C31H62NO4+. The number of likely N-dealkylation sites (N-methyl/N-ethyl adjacent to an activating group) is 1. The minimum atomic E-state index is -0.922. The first-order chi connectivity index (χ1) is 17.1. The Bertz CT molecular complexity index is 529. The van der Waals surface area contributed by atoms with E-state index in [4.69, 9.17) is 9.84 Å². The van der Waals surface area contributed by atoms with E-state index in [9.17, 15) is 9.59 Å². The van der Waals surface area contributed by atoms with Crippen molar-refractivity contribution in [3.8, 4) is 0 Å². The Kier molecular flexibility index (Phi) is 22.3. The average Bonchev–Trinajstić information content (AvgIpc) is 2.77. The van der Waals surface area contributed by atoms with Gasteiger partial charge < -0.3 is 14.3 Å². The van der Waals surface area contributed by atoms with E-state index < -0.39 is 12.1 Å². The molecule has 36 heavy (non-hydrogen) atoms. The number of rotatable bonds is 26. The summed E-state index contributed by atoms with van der Waals surface area (Å²) in [4.78, 5) is 23.1. The van der Waals surface area contributed by atoms with E-state index in [-0.39, 0.29) is 12.4 Å². The molecule has 0 aliphatic rings. The number of quaternary nitrogens is 1. The molecule has 2 atom stereocenters. The first-order valence-corrected chi connectivity index (χ1v) is 15.4. The fourth-order valence-electron chi connectivity index (χ4n) is 4.96. The predicted octanol–water partition coefficient (Wildman–Crippen LogP) is 8.54. The highest BCUT2D eigenvalue weighted by atomic mass is 16.5. The highest BCUT2D eigenvalue weighted by molar-refractivity contribution is 5.71. The molecule has 5 heteroatoms. The van der Waals surface area contributed by atoms with Gasteiger partial charge in [0.1, 0.15) is 6.54 Å². The Hall–Kier alpha value is -1.10. The first kappa shape index (κ1) is 34.9. The Balaban J connectivity index is 3.47. The van der Waals surface area contributed by atoms with Gasteiger partial charge in [0, 0.05) is 6.42 Å². The topological polar surface area (TPSA) is 63.6 Å². The fourth-order valence-corrected chi connectivity index (χ4v) is 4.96. The van der Waals surface area contributed by atoms with Gasteiger partial charge >= 0.3 is 11.9 Å². The zero-order valence-electron chi connectivity index (χ0n) is 24.8. The third-order valence-corrected chi connectivity index (χ3v) is 7.08. The standard InChI is InChI=1S/C31H61NO4/c1-6-7-20-23-28(2)24-21-18-16-14-12-10-8-9-11-13-15-17-19-22-25-31(35)36-29(26-30(33)34)27-32(3,4)5/h28-29H,6-27H2,1-5H3/p+1. The zero-order valence-corrected chi connectivity index (χ0v) is 24.8. The van der Waals surface area contributed by atoms with E-state index in [1.807, 2.05) is 21.1 Å². The first-order valence-electron chi connectivity index (χ1n) is 15.4. The number of nitrogens with zero attached hydrogens (tertiary/aromatic N) is 1. The number of esters is 1. The van der Waals surface area contributed by atoms with Gasteiger partial charge in [0.2, 0.25) is 0 Å². The molecule has 0 saturated carbocycles. The van der Waals surface area contributed by atoms with Crippen molar-refractivity contribution in [3.63, 3.8) is 0 Å². The predicted molar refractivity (Wildman–Crippen MR) is 152 cm³/mol. The van der Waals surface area contributed by atoms with Gasteiger partial charge in [0.05, 0.1) is 27.6 Å². The quantitative estimate of drug-likeness (QED) is 0.0716. The molecule has 0 aromatic rings. The molecule has 0 radical (unpaired) electrons. The molecular weight excluding hydrogens is 450 g/mol. The summed E-state index contributed by atoms with van der Waals surface area (Å²) in [5, 5.41) is 9.05. The van der Waals surface area contributed by atoms with Crippen molar-refractivity contribution < 1.29 is 23.9 Å². The van der Waals surface area contributed by atoms with Gasteiger partial charge in [0.15, 0.2) is 6.10 Å². The van der Waals surface area contributed by atoms with Crippen molar-refractivity contribution in [1.29, 1.82) is 0 Å². The van der Waals surface area contributed by atoms with Crippen LogP contribution in [0.15, 0.2) is 0 Å². The summed E-state index contributed by atoms with van der Waals surface area (Å²) in [7, 11) is 5.92. The molecule has 0 amide bonds. The number of carboxylic acid groups (broad SMARTS) is 1. The van der Waals surface area contributed by atoms with Crippen molar-refractivity contribution in [2.24, 2.45) is 5.92 Å². The molecule has 0 aliphatic carbocycles. The lowest BCUT2D eigenvalue weighted by molar-refractivity contribution is -0.873. The van der Waals surface area contributed by atoms with E-state index in [1.54, 1.807) is 0 Å². The molecule has 0 fully saturated rings. The number of carbonyl (C=O) groups is 2. The van der Waals surface area contributed by atoms with E-state index in [0.29, 0.717) is 17.4 Å². The second-order valence-electron chi connectivity index (χ2n) is 12.3. The molecule has 0 saturated heterocycles. The second kappa shape index (κ2) is 23.0. The summed E-state index contributed by atoms with van der Waals surface area (Å²) in [6, 6.07) is 0. The number of aliphatic carboxylic acids is 1. The molecule has 0 spiro atoms. The summed E-state index contributed by atoms with van der Waals surface area (Å²) < 4.78 is 6.02. The van der Waals surface area contributed by atoms with Crippen LogP contribution in [0.1, 0.15) is 149 Å². The van der Waals surface area contributed by atoms with Gasteiger partial charge in [-0.1, -0.05) is 129 Å². The van der Waals surface area contributed by atoms with Gasteiger partial charge in [-0.05, 0) is 12.3 Å². The Morgan fingerprint density at radius 3 is 1.53 bits per heavy atom. The maximum atomic E-state index is 12.1. The van der Waals surface area contributed by atoms with Gasteiger partial charge in [-0.2, -0.15) is 0 Å². The number of hydrogen-bond donors (Lipinski definition) is 1. The van der Waals surface area contributed by atoms with Crippen molar-refractivity contribution in [3.05, 3.63) is 0 Å². The Labute approximate surface area is 224 Å². The van der Waals surface area contributed by atoms with Gasteiger partial charge in [0.25, 0.3) is 0 Å². The number of ether oxygens (including phenoxy) is 1. The van der Waals surface area contributed by atoms with Crippen LogP contribution in [0.5, 0.6) is 0 Å². The molecule has 1 N–H and O–H groups in total. The van der Waals surface area contributed by atoms with E-state index >= 15 is 0 Å². The lowest BCUT2D eigenvalue weighted by Gasteiger charge is -2.28. The smallest absolute Gasteiger partial charge is 0.307 e. The van der Waals surface area contributed by atoms with Crippen LogP contribution < -0.4 is 0 Å². The lowest BCUT2D eigenvalue weighted by atomic mass is 9.96. The second-order valence-corrected chi connectivity index (χ2v) is 12.3. The van der Waals surface area contributed by atoms with Crippen LogP contribution in [0.25, 0.3) is 0 Å². The molecule has 0 aliphatic heterocycles. The molecule has 0 rings (SSSR count). The van der Waals surface area contributed by atoms with Crippen LogP contribution in [-0.2, 0) is 14.3 Å². The normalized spacial score (nSPS) is 13.5. The van der Waals surface area contributed by atoms with Gasteiger partial charge in [-0.25, -0.2) is 0 Å². The van der Waals surface area contributed by atoms with E-state index in [1.165, 1.54) is 109 Å². The zero-order chi connectivity index (χ0) is 27.1. The molecule has 5 nitrogen and oxygen atoms in total. The highest BCUT2D eigenvalue weighted by Gasteiger charge is 2.24. The molecule has 0 aromatic heterocycles. The van der Waals surface area contributed by atoms with Gasteiger partial charge in [-0.3, -0.25) is 9.59 Å². The third kappa shape index (κ3) is 26.0. The SMILES string of the molecule is CCCCCC(C)CCCCCCCCCCCCCCCCC(=O)OC(CC(=O)O)C[N+](C)(C)C. The highest BCUT2D eigenvalue weighted by Crippen LogP contribution is 2.18. The Morgan fingerprint density at radius 2 is 1.11 bits per heavy atom. The minimum absolute atomic E-state index is 0.125. The number of carboxylic acids is 1. The van der Waals surface area contributed by atoms with Crippen LogP contribution in [0, 0.1) is 5.92 Å². The van der Waals surface area contributed by atoms with E-state index in [0.717, 1.165) is 18.8 Å². The summed E-state index contributed by atoms with van der Waals surface area (Å²) in [5.74, 6) is -0.254. The lowest BCUT2D eigenvalue weighted by Crippen LogP contribution is -2.43. The van der Waals surface area contributed by atoms with Crippen molar-refractivity contribution >= 4 is 11.9 Å². The summed E-state index contributed by atoms with van der Waals surface area (Å²) in [5.41, 5.74) is 0. The number of hydrogen-bond acceptors (Lipinski definition) is 3. The molecule has 0 aromatic carbocycles. The van der Waals surface area contributed by atoms with Crippen LogP contribution in [0.2, 0.25) is 0 Å². The van der Waals surface area contributed by atoms with Gasteiger partial charge in [-0.15, -0.1) is 0 Å². The maximum absolute atomic E-state index is 12.1. The molecule has 214 valence electrons. The van der Waals surface area contributed by atoms with Crippen LogP contribution in [0.3, 0.4) is 0 Å². The largest absolute Gasteiger partial charge is 0.481 e. The Morgan fingerprint density at radius 1 is 0.694 bits per heavy atom. The number of unbranched alkanes of at least 4 members (excludes halogenated alkanes) is 15. The minimum Gasteiger partial charge on any atom is -0.481 e. The molecule has 0 heterocycles.